The number of aryl methyl sites for hydroxylation is 1. The number of rotatable bonds is 5. The molecule has 7 nitrogen and oxygen atoms in total. The lowest BCUT2D eigenvalue weighted by Gasteiger charge is -2.40. The van der Waals surface area contributed by atoms with Crippen LogP contribution >= 0.6 is 15.9 Å². The smallest absolute Gasteiger partial charge is 0.174 e. The van der Waals surface area contributed by atoms with Gasteiger partial charge in [-0.2, -0.15) is 5.10 Å². The molecule has 8 heteroatoms. The summed E-state index contributed by atoms with van der Waals surface area (Å²) < 4.78 is 15.1. The molecule has 6 rings (SSSR count). The molecular formula is C32H39BrN4O3. The van der Waals surface area contributed by atoms with E-state index in [4.69, 9.17) is 9.47 Å². The van der Waals surface area contributed by atoms with Crippen molar-refractivity contribution in [3.8, 4) is 11.5 Å². The number of pyridine rings is 1. The molecule has 1 aliphatic heterocycles. The van der Waals surface area contributed by atoms with Gasteiger partial charge in [0.05, 0.1) is 30.8 Å². The van der Waals surface area contributed by atoms with E-state index >= 15 is 0 Å². The van der Waals surface area contributed by atoms with Gasteiger partial charge < -0.3 is 19.5 Å². The summed E-state index contributed by atoms with van der Waals surface area (Å²) in [5.41, 5.74) is 1.90. The lowest BCUT2D eigenvalue weighted by atomic mass is 9.72. The van der Waals surface area contributed by atoms with E-state index in [0.717, 1.165) is 28.6 Å². The van der Waals surface area contributed by atoms with E-state index < -0.39 is 11.2 Å². The summed E-state index contributed by atoms with van der Waals surface area (Å²) in [4.78, 5) is 6.38. The number of benzene rings is 2. The van der Waals surface area contributed by atoms with Crippen molar-refractivity contribution in [1.82, 2.24) is 19.7 Å². The molecule has 0 saturated heterocycles. The molecule has 3 heterocycles. The second-order valence-corrected chi connectivity index (χ2v) is 11.0. The molecule has 40 heavy (non-hydrogen) atoms. The maximum absolute atomic E-state index is 12.2. The highest BCUT2D eigenvalue weighted by Gasteiger charge is 2.69. The third-order valence-electron chi connectivity index (χ3n) is 7.56. The number of hydrogen-bond acceptors (Lipinski definition) is 6. The van der Waals surface area contributed by atoms with Gasteiger partial charge in [0.25, 0.3) is 0 Å². The fraction of sp³-hybridized carbons (Fsp3) is 0.375. The number of methoxy groups -OCH3 is 1. The van der Waals surface area contributed by atoms with Crippen LogP contribution in [0.15, 0.2) is 83.7 Å². The SMILES string of the molecule is CC.CN(C)Cc1ccnn1C.COc1cncc2c1C1(O)CCC(c3ccccc3)C1(c1ccc(Br)cc1)O2. The lowest BCUT2D eigenvalue weighted by molar-refractivity contribution is -0.106. The van der Waals surface area contributed by atoms with Crippen LogP contribution in [0.2, 0.25) is 0 Å². The highest BCUT2D eigenvalue weighted by molar-refractivity contribution is 9.10. The quantitative estimate of drug-likeness (QED) is 0.283. The highest BCUT2D eigenvalue weighted by Crippen LogP contribution is 2.67. The Morgan fingerprint density at radius 1 is 1.07 bits per heavy atom. The first-order chi connectivity index (χ1) is 19.3. The van der Waals surface area contributed by atoms with Crippen LogP contribution in [-0.2, 0) is 24.8 Å². The van der Waals surface area contributed by atoms with Crippen molar-refractivity contribution in [3.63, 3.8) is 0 Å². The van der Waals surface area contributed by atoms with Crippen molar-refractivity contribution in [3.05, 3.63) is 106 Å². The summed E-state index contributed by atoms with van der Waals surface area (Å²) in [5, 5.41) is 16.2. The van der Waals surface area contributed by atoms with E-state index in [2.05, 4.69) is 43.0 Å². The van der Waals surface area contributed by atoms with Gasteiger partial charge in [-0.1, -0.05) is 72.2 Å². The maximum Gasteiger partial charge on any atom is 0.174 e. The van der Waals surface area contributed by atoms with Crippen molar-refractivity contribution in [2.75, 3.05) is 21.2 Å². The normalized spacial score (nSPS) is 22.3. The van der Waals surface area contributed by atoms with Crippen molar-refractivity contribution in [1.29, 1.82) is 0 Å². The predicted molar refractivity (Wildman–Crippen MR) is 161 cm³/mol. The van der Waals surface area contributed by atoms with E-state index in [9.17, 15) is 5.11 Å². The van der Waals surface area contributed by atoms with Gasteiger partial charge >= 0.3 is 0 Å². The summed E-state index contributed by atoms with van der Waals surface area (Å²) in [6.07, 6.45) is 6.53. The van der Waals surface area contributed by atoms with Crippen LogP contribution in [-0.4, -0.2) is 46.0 Å². The van der Waals surface area contributed by atoms with Crippen LogP contribution < -0.4 is 9.47 Å². The van der Waals surface area contributed by atoms with Crippen LogP contribution in [0.3, 0.4) is 0 Å². The van der Waals surface area contributed by atoms with Crippen LogP contribution in [0, 0.1) is 0 Å². The number of fused-ring (bicyclic) bond motifs is 3. The molecule has 212 valence electrons. The summed E-state index contributed by atoms with van der Waals surface area (Å²) in [5.74, 6) is 1.15. The monoisotopic (exact) mass is 606 g/mol. The van der Waals surface area contributed by atoms with Gasteiger partial charge in [-0.3, -0.25) is 9.67 Å². The van der Waals surface area contributed by atoms with Crippen molar-refractivity contribution in [2.45, 2.75) is 50.4 Å². The van der Waals surface area contributed by atoms with Gasteiger partial charge in [-0.15, -0.1) is 0 Å². The van der Waals surface area contributed by atoms with Gasteiger partial charge in [0.1, 0.15) is 17.1 Å². The average molecular weight is 608 g/mol. The minimum Gasteiger partial charge on any atom is -0.495 e. The molecule has 0 bridgehead atoms. The molecule has 1 saturated carbocycles. The fourth-order valence-corrected chi connectivity index (χ4v) is 6.16. The minimum absolute atomic E-state index is 0.00279. The van der Waals surface area contributed by atoms with Gasteiger partial charge in [-0.25, -0.2) is 0 Å². The Kier molecular flexibility index (Phi) is 9.33. The Bertz CT molecular complexity index is 1390. The first-order valence-electron chi connectivity index (χ1n) is 13.7. The Balaban J connectivity index is 0.000000260. The summed E-state index contributed by atoms with van der Waals surface area (Å²) in [6.45, 7) is 4.95. The Morgan fingerprint density at radius 2 is 1.77 bits per heavy atom. The number of halogens is 1. The summed E-state index contributed by atoms with van der Waals surface area (Å²) in [7, 11) is 7.66. The van der Waals surface area contributed by atoms with Gasteiger partial charge in [-0.05, 0) is 56.3 Å². The number of hydrogen-bond donors (Lipinski definition) is 1. The van der Waals surface area contributed by atoms with E-state index in [1.54, 1.807) is 19.5 Å². The first kappa shape index (κ1) is 29.8. The summed E-state index contributed by atoms with van der Waals surface area (Å²) in [6, 6.07) is 20.4. The standard InChI is InChI=1S/C23H20BrNO3.C7H13N3.C2H6/c1-27-19-13-25-14-20-21(19)22(26)12-11-18(15-5-3-2-4-6-15)23(22,28-20)16-7-9-17(24)10-8-16;1-9(2)6-7-4-5-8-10(7)3;1-2/h2-10,13-14,18,26H,11-12H2,1H3;4-5H,6H2,1-3H3;1-2H3. The zero-order valence-electron chi connectivity index (χ0n) is 24.1. The number of aromatic nitrogens is 3. The van der Waals surface area contributed by atoms with E-state index in [0.29, 0.717) is 23.5 Å². The molecule has 2 aromatic heterocycles. The van der Waals surface area contributed by atoms with E-state index in [1.165, 1.54) is 5.69 Å². The molecule has 0 amide bonds. The topological polar surface area (TPSA) is 72.6 Å². The predicted octanol–water partition coefficient (Wildman–Crippen LogP) is 6.41. The van der Waals surface area contributed by atoms with Crippen molar-refractivity contribution >= 4 is 15.9 Å². The average Bonchev–Trinajstić information content (AvgIpc) is 3.59. The van der Waals surface area contributed by atoms with Crippen LogP contribution in [0.4, 0.5) is 0 Å². The maximum atomic E-state index is 12.2. The molecular weight excluding hydrogens is 568 g/mol. The van der Waals surface area contributed by atoms with Crippen molar-refractivity contribution < 1.29 is 14.6 Å². The number of ether oxygens (including phenoxy) is 2. The molecule has 3 unspecified atom stereocenters. The van der Waals surface area contributed by atoms with Gasteiger partial charge in [0.15, 0.2) is 5.60 Å². The van der Waals surface area contributed by atoms with E-state index in [-0.39, 0.29) is 5.92 Å². The zero-order chi connectivity index (χ0) is 28.9. The highest BCUT2D eigenvalue weighted by atomic mass is 79.9. The molecule has 2 aliphatic rings. The summed E-state index contributed by atoms with van der Waals surface area (Å²) >= 11 is 3.52. The zero-order valence-corrected chi connectivity index (χ0v) is 25.7. The second-order valence-electron chi connectivity index (χ2n) is 10.1. The Morgan fingerprint density at radius 3 is 2.38 bits per heavy atom. The Labute approximate surface area is 245 Å². The first-order valence-corrected chi connectivity index (χ1v) is 14.5. The van der Waals surface area contributed by atoms with Gasteiger partial charge in [0.2, 0.25) is 0 Å². The van der Waals surface area contributed by atoms with Crippen LogP contribution in [0.5, 0.6) is 11.5 Å². The third kappa shape index (κ3) is 5.28. The van der Waals surface area contributed by atoms with Crippen LogP contribution in [0.25, 0.3) is 0 Å². The van der Waals surface area contributed by atoms with Gasteiger partial charge in [0, 0.05) is 30.2 Å². The molecule has 1 N–H and O–H groups in total. The largest absolute Gasteiger partial charge is 0.495 e. The lowest BCUT2D eigenvalue weighted by Crippen LogP contribution is -2.48. The second kappa shape index (κ2) is 12.5. The minimum atomic E-state index is -1.20. The molecule has 1 aliphatic carbocycles. The molecule has 1 fully saturated rings. The fourth-order valence-electron chi connectivity index (χ4n) is 5.90. The number of aliphatic hydroxyl groups is 1. The molecule has 0 radical (unpaired) electrons. The van der Waals surface area contributed by atoms with Crippen molar-refractivity contribution in [2.24, 2.45) is 7.05 Å². The van der Waals surface area contributed by atoms with Crippen LogP contribution in [0.1, 0.15) is 55.0 Å². The van der Waals surface area contributed by atoms with E-state index in [1.807, 2.05) is 94.4 Å². The third-order valence-corrected chi connectivity index (χ3v) is 8.09. The molecule has 3 atom stereocenters. The molecule has 2 aromatic carbocycles. The number of nitrogens with zero attached hydrogens (tertiary/aromatic N) is 4. The Hall–Kier alpha value is -3.20. The molecule has 4 aromatic rings. The molecule has 0 spiro atoms.